The van der Waals surface area contributed by atoms with Crippen LogP contribution in [-0.4, -0.2) is 46.2 Å². The topological polar surface area (TPSA) is 148 Å². The number of tetrazole rings is 1. The van der Waals surface area contributed by atoms with Gasteiger partial charge in [-0.25, -0.2) is 19.4 Å². The van der Waals surface area contributed by atoms with Crippen molar-refractivity contribution in [3.63, 3.8) is 0 Å². The Morgan fingerprint density at radius 2 is 2.12 bits per heavy atom. The smallest absolute Gasteiger partial charge is 0.437 e. The molecule has 4 aromatic heterocycles. The summed E-state index contributed by atoms with van der Waals surface area (Å²) in [5.41, 5.74) is 1.38. The highest BCUT2D eigenvalue weighted by molar-refractivity contribution is 5.86. The number of ether oxygens (including phenoxy) is 1. The Kier molecular flexibility index (Phi) is 4.83. The van der Waals surface area contributed by atoms with Crippen LogP contribution in [0.5, 0.6) is 11.6 Å². The highest BCUT2D eigenvalue weighted by Crippen LogP contribution is 2.40. The average molecular weight is 459 g/mol. The molecule has 1 N–H and O–H groups in total. The molecule has 0 radical (unpaired) electrons. The molecule has 0 unspecified atom stereocenters. The SMILES string of the molecule is O=C(Nc1cc(C2CC2)on1)On1ccc2cc(Oc3cc(Cn4cnnn4)ncn3)ccc21. The van der Waals surface area contributed by atoms with Gasteiger partial charge in [0.15, 0.2) is 5.82 Å². The fourth-order valence-electron chi connectivity index (χ4n) is 3.42. The van der Waals surface area contributed by atoms with Crippen LogP contribution < -0.4 is 14.9 Å². The molecule has 1 amide bonds. The Hall–Kier alpha value is -4.81. The predicted octanol–water partition coefficient (Wildman–Crippen LogP) is 2.78. The van der Waals surface area contributed by atoms with Crippen LogP contribution in [0.4, 0.5) is 10.6 Å². The molecular formula is C21H17N9O4. The first-order valence-electron chi connectivity index (χ1n) is 10.5. The lowest BCUT2D eigenvalue weighted by Gasteiger charge is -2.08. The zero-order valence-electron chi connectivity index (χ0n) is 17.6. The van der Waals surface area contributed by atoms with E-state index in [-0.39, 0.29) is 0 Å². The molecule has 13 heteroatoms. The minimum absolute atomic E-state index is 0.323. The fourth-order valence-corrected chi connectivity index (χ4v) is 3.42. The number of nitrogens with zero attached hydrogens (tertiary/aromatic N) is 8. The largest absolute Gasteiger partial charge is 0.439 e. The van der Waals surface area contributed by atoms with Crippen molar-refractivity contribution in [2.75, 3.05) is 5.32 Å². The van der Waals surface area contributed by atoms with E-state index >= 15 is 0 Å². The van der Waals surface area contributed by atoms with Crippen LogP contribution in [0.2, 0.25) is 0 Å². The van der Waals surface area contributed by atoms with Crippen LogP contribution in [0.25, 0.3) is 10.9 Å². The van der Waals surface area contributed by atoms with E-state index in [1.165, 1.54) is 17.4 Å². The van der Waals surface area contributed by atoms with Crippen LogP contribution in [0.15, 0.2) is 59.8 Å². The van der Waals surface area contributed by atoms with E-state index < -0.39 is 6.09 Å². The number of amides is 1. The number of benzene rings is 1. The first-order chi connectivity index (χ1) is 16.7. The first-order valence-corrected chi connectivity index (χ1v) is 10.5. The van der Waals surface area contributed by atoms with Crippen LogP contribution >= 0.6 is 0 Å². The van der Waals surface area contributed by atoms with Crippen molar-refractivity contribution in [3.8, 4) is 11.6 Å². The highest BCUT2D eigenvalue weighted by Gasteiger charge is 2.28. The van der Waals surface area contributed by atoms with Crippen molar-refractivity contribution in [1.29, 1.82) is 0 Å². The normalized spacial score (nSPS) is 13.2. The lowest BCUT2D eigenvalue weighted by Crippen LogP contribution is -2.24. The van der Waals surface area contributed by atoms with Gasteiger partial charge in [-0.3, -0.25) is 5.32 Å². The second kappa shape index (κ2) is 8.27. The molecule has 0 atom stereocenters. The molecule has 1 fully saturated rings. The van der Waals surface area contributed by atoms with Crippen molar-refractivity contribution in [2.45, 2.75) is 25.3 Å². The minimum Gasteiger partial charge on any atom is -0.439 e. The number of aromatic nitrogens is 8. The molecule has 5 aromatic rings. The second-order valence-electron chi connectivity index (χ2n) is 7.71. The Labute approximate surface area is 191 Å². The summed E-state index contributed by atoms with van der Waals surface area (Å²) in [4.78, 5) is 26.0. The quantitative estimate of drug-likeness (QED) is 0.385. The standard InChI is InChI=1S/C21H17N9O4/c31-21(25-19-9-18(33-26-19)13-1-2-13)34-30-6-5-14-7-16(3-4-17(14)30)32-20-8-15(22-11-23-20)10-29-12-24-27-28-29/h3-9,11-13H,1-2,10H2,(H,25,26,31). The predicted molar refractivity (Wildman–Crippen MR) is 115 cm³/mol. The third kappa shape index (κ3) is 4.26. The fraction of sp³-hybridized carbons (Fsp3) is 0.190. The summed E-state index contributed by atoms with van der Waals surface area (Å²) >= 11 is 0. The van der Waals surface area contributed by atoms with E-state index in [2.05, 4.69) is 36.0 Å². The first kappa shape index (κ1) is 19.8. The van der Waals surface area contributed by atoms with Gasteiger partial charge < -0.3 is 14.1 Å². The van der Waals surface area contributed by atoms with Gasteiger partial charge in [-0.15, -0.1) is 5.10 Å². The third-order valence-electron chi connectivity index (χ3n) is 5.18. The van der Waals surface area contributed by atoms with Crippen molar-refractivity contribution >= 4 is 22.8 Å². The van der Waals surface area contributed by atoms with Gasteiger partial charge in [-0.1, -0.05) is 5.16 Å². The van der Waals surface area contributed by atoms with Gasteiger partial charge in [-0.2, -0.15) is 4.73 Å². The monoisotopic (exact) mass is 459 g/mol. The number of fused-ring (bicyclic) bond motifs is 1. The molecular weight excluding hydrogens is 442 g/mol. The van der Waals surface area contributed by atoms with Crippen molar-refractivity contribution in [2.24, 2.45) is 0 Å². The van der Waals surface area contributed by atoms with Crippen LogP contribution in [0.1, 0.15) is 30.2 Å². The summed E-state index contributed by atoms with van der Waals surface area (Å²) < 4.78 is 14.0. The molecule has 1 aliphatic rings. The third-order valence-corrected chi connectivity index (χ3v) is 5.18. The number of hydrogen-bond acceptors (Lipinski definition) is 10. The van der Waals surface area contributed by atoms with Crippen molar-refractivity contribution < 1.29 is 18.9 Å². The average Bonchev–Trinajstić information content (AvgIpc) is 3.17. The number of nitrogens with one attached hydrogen (secondary N) is 1. The van der Waals surface area contributed by atoms with E-state index in [0.29, 0.717) is 41.1 Å². The van der Waals surface area contributed by atoms with E-state index in [0.717, 1.165) is 24.0 Å². The van der Waals surface area contributed by atoms with Crippen LogP contribution in [-0.2, 0) is 6.54 Å². The molecule has 1 aliphatic carbocycles. The summed E-state index contributed by atoms with van der Waals surface area (Å²) in [6, 6.07) is 10.6. The number of rotatable bonds is 7. The number of hydrogen-bond donors (Lipinski definition) is 1. The summed E-state index contributed by atoms with van der Waals surface area (Å²) in [5.74, 6) is 2.45. The van der Waals surface area contributed by atoms with Gasteiger partial charge in [0.25, 0.3) is 0 Å². The van der Waals surface area contributed by atoms with E-state index in [4.69, 9.17) is 14.1 Å². The number of anilines is 1. The molecule has 170 valence electrons. The van der Waals surface area contributed by atoms with Crippen molar-refractivity contribution in [1.82, 2.24) is 40.1 Å². The maximum absolute atomic E-state index is 12.3. The van der Waals surface area contributed by atoms with Gasteiger partial charge in [0.2, 0.25) is 5.88 Å². The van der Waals surface area contributed by atoms with Gasteiger partial charge >= 0.3 is 6.09 Å². The van der Waals surface area contributed by atoms with Gasteiger partial charge in [0.1, 0.15) is 24.2 Å². The minimum atomic E-state index is -0.676. The Bertz CT molecular complexity index is 1460. The maximum atomic E-state index is 12.3. The second-order valence-corrected chi connectivity index (χ2v) is 7.71. The molecule has 0 saturated heterocycles. The summed E-state index contributed by atoms with van der Waals surface area (Å²) in [6.45, 7) is 0.392. The van der Waals surface area contributed by atoms with Gasteiger partial charge in [-0.05, 0) is 47.5 Å². The molecule has 0 bridgehead atoms. The number of carbonyl (C=O) groups is 1. The molecule has 0 aliphatic heterocycles. The van der Waals surface area contributed by atoms with E-state index in [1.807, 2.05) is 6.07 Å². The van der Waals surface area contributed by atoms with Gasteiger partial charge in [0.05, 0.1) is 17.8 Å². The highest BCUT2D eigenvalue weighted by atomic mass is 16.7. The van der Waals surface area contributed by atoms with Crippen LogP contribution in [0, 0.1) is 0 Å². The Morgan fingerprint density at radius 3 is 2.97 bits per heavy atom. The molecule has 4 heterocycles. The zero-order valence-corrected chi connectivity index (χ0v) is 17.6. The zero-order chi connectivity index (χ0) is 22.9. The lowest BCUT2D eigenvalue weighted by molar-refractivity contribution is 0.153. The number of carbonyl (C=O) groups excluding carboxylic acids is 1. The van der Waals surface area contributed by atoms with Crippen molar-refractivity contribution in [3.05, 3.63) is 66.7 Å². The summed E-state index contributed by atoms with van der Waals surface area (Å²) in [5, 5.41) is 18.3. The Morgan fingerprint density at radius 1 is 1.18 bits per heavy atom. The van der Waals surface area contributed by atoms with Gasteiger partial charge in [0, 0.05) is 29.6 Å². The molecule has 1 saturated carbocycles. The van der Waals surface area contributed by atoms with Crippen LogP contribution in [0.3, 0.4) is 0 Å². The lowest BCUT2D eigenvalue weighted by atomic mass is 10.2. The Balaban J connectivity index is 1.12. The summed E-state index contributed by atoms with van der Waals surface area (Å²) in [6.07, 6.45) is 6.05. The van der Waals surface area contributed by atoms with E-state index in [1.54, 1.807) is 41.2 Å². The van der Waals surface area contributed by atoms with E-state index in [9.17, 15) is 4.79 Å². The summed E-state index contributed by atoms with van der Waals surface area (Å²) in [7, 11) is 0. The molecule has 13 nitrogen and oxygen atoms in total. The molecule has 6 rings (SSSR count). The molecule has 34 heavy (non-hydrogen) atoms. The molecule has 1 aromatic carbocycles. The maximum Gasteiger partial charge on any atom is 0.437 e. The molecule has 0 spiro atoms.